The van der Waals surface area contributed by atoms with E-state index in [1.165, 1.54) is 23.3 Å². The van der Waals surface area contributed by atoms with Gasteiger partial charge in [-0.25, -0.2) is 4.79 Å². The Labute approximate surface area is 136 Å². The van der Waals surface area contributed by atoms with E-state index in [1.54, 1.807) is 6.07 Å². The zero-order chi connectivity index (χ0) is 16.4. The molecule has 0 spiro atoms. The van der Waals surface area contributed by atoms with Crippen LogP contribution in [0.5, 0.6) is 0 Å². The van der Waals surface area contributed by atoms with Gasteiger partial charge in [0.1, 0.15) is 12.1 Å². The van der Waals surface area contributed by atoms with Gasteiger partial charge in [0.25, 0.3) is 0 Å². The highest BCUT2D eigenvalue weighted by molar-refractivity contribution is 5.81. The largest absolute Gasteiger partial charge is 0.423 e. The van der Waals surface area contributed by atoms with Crippen molar-refractivity contribution in [3.05, 3.63) is 45.3 Å². The molecule has 2 aromatic rings. The number of aliphatic hydroxyl groups is 1. The van der Waals surface area contributed by atoms with Gasteiger partial charge in [-0.2, -0.15) is 0 Å². The normalized spacial score (nSPS) is 21.7. The van der Waals surface area contributed by atoms with Gasteiger partial charge in [-0.1, -0.05) is 0 Å². The van der Waals surface area contributed by atoms with E-state index in [-0.39, 0.29) is 12.2 Å². The summed E-state index contributed by atoms with van der Waals surface area (Å²) in [5, 5.41) is 10.4. The predicted octanol–water partition coefficient (Wildman–Crippen LogP) is 1.73. The molecule has 0 saturated carbocycles. The molecule has 1 aromatic carbocycles. The second kappa shape index (κ2) is 6.85. The molecule has 1 aliphatic rings. The summed E-state index contributed by atoms with van der Waals surface area (Å²) in [5.41, 5.74) is 3.84. The Morgan fingerprint density at radius 3 is 2.78 bits per heavy atom. The molecular weight excluding hydrogens is 290 g/mol. The standard InChI is InChI=1S/C19H25NO3/c1-13-9-17-15(11-19(22)23-18(17)10-14(13)2)12-20-7-4-3-5-16(20)6-8-21/h9-11,16,21H,3-8,12H2,1-2H3/p+1/t16-/m0/s1. The summed E-state index contributed by atoms with van der Waals surface area (Å²) >= 11 is 0. The number of aliphatic hydroxyl groups excluding tert-OH is 1. The highest BCUT2D eigenvalue weighted by Crippen LogP contribution is 2.21. The Hall–Kier alpha value is -1.65. The fourth-order valence-corrected chi connectivity index (χ4v) is 3.76. The van der Waals surface area contributed by atoms with E-state index in [4.69, 9.17) is 4.42 Å². The molecule has 1 fully saturated rings. The highest BCUT2D eigenvalue weighted by atomic mass is 16.4. The number of quaternary nitrogens is 1. The third-order valence-electron chi connectivity index (χ3n) is 5.22. The first-order chi connectivity index (χ1) is 11.1. The SMILES string of the molecule is Cc1cc2oc(=O)cc(C[NH+]3CCCC[C@H]3CCO)c2cc1C. The molecule has 2 heterocycles. The van der Waals surface area contributed by atoms with Crippen molar-refractivity contribution in [2.24, 2.45) is 0 Å². The van der Waals surface area contributed by atoms with Crippen molar-refractivity contribution in [1.82, 2.24) is 0 Å². The summed E-state index contributed by atoms with van der Waals surface area (Å²) in [7, 11) is 0. The van der Waals surface area contributed by atoms with Crippen molar-refractivity contribution in [2.45, 2.75) is 52.1 Å². The molecule has 1 aromatic heterocycles. The van der Waals surface area contributed by atoms with Crippen LogP contribution in [0.15, 0.2) is 27.4 Å². The van der Waals surface area contributed by atoms with Crippen molar-refractivity contribution in [3.8, 4) is 0 Å². The van der Waals surface area contributed by atoms with Crippen LogP contribution in [0.2, 0.25) is 0 Å². The minimum Gasteiger partial charge on any atom is -0.423 e. The molecule has 2 atom stereocenters. The first kappa shape index (κ1) is 16.2. The van der Waals surface area contributed by atoms with E-state index < -0.39 is 0 Å². The molecule has 23 heavy (non-hydrogen) atoms. The van der Waals surface area contributed by atoms with Gasteiger partial charge in [-0.05, 0) is 56.4 Å². The molecule has 3 rings (SSSR count). The lowest BCUT2D eigenvalue weighted by molar-refractivity contribution is -0.944. The Morgan fingerprint density at radius 2 is 2.00 bits per heavy atom. The summed E-state index contributed by atoms with van der Waals surface area (Å²) in [6.45, 7) is 6.30. The fraction of sp³-hybridized carbons (Fsp3) is 0.526. The Bertz CT molecular complexity index is 748. The lowest BCUT2D eigenvalue weighted by Crippen LogP contribution is -3.15. The molecule has 0 aliphatic carbocycles. The monoisotopic (exact) mass is 316 g/mol. The Kier molecular flexibility index (Phi) is 4.83. The van der Waals surface area contributed by atoms with Crippen LogP contribution >= 0.6 is 0 Å². The van der Waals surface area contributed by atoms with E-state index in [9.17, 15) is 9.90 Å². The van der Waals surface area contributed by atoms with Crippen molar-refractivity contribution in [1.29, 1.82) is 0 Å². The molecule has 1 saturated heterocycles. The minimum atomic E-state index is -0.272. The number of likely N-dealkylation sites (tertiary alicyclic amines) is 1. The predicted molar refractivity (Wildman–Crippen MR) is 90.8 cm³/mol. The topological polar surface area (TPSA) is 54.9 Å². The van der Waals surface area contributed by atoms with E-state index in [2.05, 4.69) is 13.0 Å². The van der Waals surface area contributed by atoms with Crippen LogP contribution in [0.1, 0.15) is 42.4 Å². The molecule has 1 aliphatic heterocycles. The first-order valence-electron chi connectivity index (χ1n) is 8.58. The van der Waals surface area contributed by atoms with Crippen molar-refractivity contribution in [3.63, 3.8) is 0 Å². The van der Waals surface area contributed by atoms with Gasteiger partial charge >= 0.3 is 5.63 Å². The summed E-state index contributed by atoms with van der Waals surface area (Å²) in [6.07, 6.45) is 4.46. The Morgan fingerprint density at radius 1 is 1.22 bits per heavy atom. The summed E-state index contributed by atoms with van der Waals surface area (Å²) in [6, 6.07) is 6.23. The molecule has 4 nitrogen and oxygen atoms in total. The summed E-state index contributed by atoms with van der Waals surface area (Å²) < 4.78 is 5.40. The molecule has 0 amide bonds. The number of piperidine rings is 1. The zero-order valence-electron chi connectivity index (χ0n) is 14.0. The van der Waals surface area contributed by atoms with E-state index in [1.807, 2.05) is 13.0 Å². The average molecular weight is 316 g/mol. The van der Waals surface area contributed by atoms with Gasteiger partial charge in [0.05, 0.1) is 12.6 Å². The number of benzene rings is 1. The molecule has 0 radical (unpaired) electrons. The van der Waals surface area contributed by atoms with Crippen molar-refractivity contribution in [2.75, 3.05) is 13.2 Å². The van der Waals surface area contributed by atoms with Crippen LogP contribution in [0.25, 0.3) is 11.0 Å². The second-order valence-corrected chi connectivity index (χ2v) is 6.81. The summed E-state index contributed by atoms with van der Waals surface area (Å²) in [5.74, 6) is 0. The second-order valence-electron chi connectivity index (χ2n) is 6.81. The molecule has 4 heteroatoms. The third-order valence-corrected chi connectivity index (χ3v) is 5.22. The number of hydrogen-bond acceptors (Lipinski definition) is 3. The lowest BCUT2D eigenvalue weighted by Gasteiger charge is -2.32. The smallest absolute Gasteiger partial charge is 0.336 e. The third kappa shape index (κ3) is 3.48. The number of fused-ring (bicyclic) bond motifs is 1. The van der Waals surface area contributed by atoms with Crippen molar-refractivity contribution < 1.29 is 14.4 Å². The first-order valence-corrected chi connectivity index (χ1v) is 8.58. The van der Waals surface area contributed by atoms with E-state index in [0.29, 0.717) is 11.6 Å². The highest BCUT2D eigenvalue weighted by Gasteiger charge is 2.26. The van der Waals surface area contributed by atoms with Crippen LogP contribution in [-0.4, -0.2) is 24.3 Å². The van der Waals surface area contributed by atoms with Crippen molar-refractivity contribution >= 4 is 11.0 Å². The number of hydrogen-bond donors (Lipinski definition) is 2. The fourth-order valence-electron chi connectivity index (χ4n) is 3.76. The molecule has 124 valence electrons. The molecular formula is C19H26NO3+. The average Bonchev–Trinajstić information content (AvgIpc) is 2.51. The maximum atomic E-state index is 11.9. The lowest BCUT2D eigenvalue weighted by atomic mass is 9.97. The van der Waals surface area contributed by atoms with Gasteiger partial charge in [0, 0.05) is 30.0 Å². The van der Waals surface area contributed by atoms with Crippen LogP contribution in [0, 0.1) is 13.8 Å². The van der Waals surface area contributed by atoms with Crippen LogP contribution < -0.4 is 10.5 Å². The minimum absolute atomic E-state index is 0.240. The Balaban J connectivity index is 1.98. The summed E-state index contributed by atoms with van der Waals surface area (Å²) in [4.78, 5) is 13.4. The van der Waals surface area contributed by atoms with Gasteiger partial charge in [-0.3, -0.25) is 0 Å². The van der Waals surface area contributed by atoms with Crippen LogP contribution in [0.4, 0.5) is 0 Å². The quantitative estimate of drug-likeness (QED) is 0.845. The van der Waals surface area contributed by atoms with E-state index in [0.717, 1.165) is 42.4 Å². The number of aryl methyl sites for hydroxylation is 2. The van der Waals surface area contributed by atoms with Gasteiger partial charge in [-0.15, -0.1) is 0 Å². The van der Waals surface area contributed by atoms with Crippen LogP contribution in [0.3, 0.4) is 0 Å². The number of nitrogens with one attached hydrogen (secondary N) is 1. The maximum absolute atomic E-state index is 11.9. The van der Waals surface area contributed by atoms with E-state index >= 15 is 0 Å². The molecule has 1 unspecified atom stereocenters. The maximum Gasteiger partial charge on any atom is 0.336 e. The van der Waals surface area contributed by atoms with Crippen LogP contribution in [-0.2, 0) is 6.54 Å². The molecule has 2 N–H and O–H groups in total. The van der Waals surface area contributed by atoms with Gasteiger partial charge in [0.2, 0.25) is 0 Å². The zero-order valence-corrected chi connectivity index (χ0v) is 14.0. The van der Waals surface area contributed by atoms with Gasteiger partial charge in [0.15, 0.2) is 0 Å². The molecule has 0 bridgehead atoms. The van der Waals surface area contributed by atoms with Gasteiger partial charge < -0.3 is 14.4 Å². The number of rotatable bonds is 4.